The molecular formula is C14H14ClNO3. The highest BCUT2D eigenvalue weighted by molar-refractivity contribution is 6.33. The third-order valence-electron chi connectivity index (χ3n) is 2.72. The van der Waals surface area contributed by atoms with Crippen molar-refractivity contribution in [3.63, 3.8) is 0 Å². The number of carboxylic acid groups (broad SMARTS) is 1. The molecule has 0 aliphatic carbocycles. The molecule has 0 bridgehead atoms. The van der Waals surface area contributed by atoms with Gasteiger partial charge in [-0.15, -0.1) is 0 Å². The summed E-state index contributed by atoms with van der Waals surface area (Å²) >= 11 is 6.08. The molecular weight excluding hydrogens is 266 g/mol. The van der Waals surface area contributed by atoms with Gasteiger partial charge in [0.15, 0.2) is 6.04 Å². The molecule has 1 atom stereocenters. The summed E-state index contributed by atoms with van der Waals surface area (Å²) in [7, 11) is 0. The number of carboxylic acids is 1. The summed E-state index contributed by atoms with van der Waals surface area (Å²) in [6.45, 7) is 3.68. The van der Waals surface area contributed by atoms with Crippen molar-refractivity contribution in [2.75, 3.05) is 5.32 Å². The van der Waals surface area contributed by atoms with Gasteiger partial charge in [-0.3, -0.25) is 0 Å². The van der Waals surface area contributed by atoms with E-state index >= 15 is 0 Å². The molecule has 19 heavy (non-hydrogen) atoms. The van der Waals surface area contributed by atoms with Crippen LogP contribution in [0.4, 0.5) is 5.69 Å². The predicted molar refractivity (Wildman–Crippen MR) is 73.6 cm³/mol. The first-order valence-electron chi connectivity index (χ1n) is 5.79. The number of nitrogens with one attached hydrogen (secondary N) is 1. The number of halogens is 1. The zero-order chi connectivity index (χ0) is 14.0. The summed E-state index contributed by atoms with van der Waals surface area (Å²) in [6, 6.07) is 7.79. The van der Waals surface area contributed by atoms with Gasteiger partial charge in [-0.2, -0.15) is 0 Å². The Labute approximate surface area is 116 Å². The minimum atomic E-state index is -1.02. The third-order valence-corrected chi connectivity index (χ3v) is 3.03. The maximum absolute atomic E-state index is 11.3. The van der Waals surface area contributed by atoms with E-state index in [-0.39, 0.29) is 0 Å². The number of aliphatic carboxylic acids is 1. The Morgan fingerprint density at radius 2 is 2.05 bits per heavy atom. The molecule has 2 N–H and O–H groups in total. The van der Waals surface area contributed by atoms with E-state index in [1.165, 1.54) is 0 Å². The summed E-state index contributed by atoms with van der Waals surface area (Å²) in [5.74, 6) is -0.00862. The van der Waals surface area contributed by atoms with Gasteiger partial charge < -0.3 is 14.8 Å². The Balaban J connectivity index is 2.29. The molecule has 1 heterocycles. The van der Waals surface area contributed by atoms with E-state index < -0.39 is 12.0 Å². The van der Waals surface area contributed by atoms with Gasteiger partial charge in [0.05, 0.1) is 10.7 Å². The Bertz CT molecular complexity index is 606. The van der Waals surface area contributed by atoms with Gasteiger partial charge in [0.1, 0.15) is 11.5 Å². The minimum Gasteiger partial charge on any atom is -0.479 e. The largest absolute Gasteiger partial charge is 0.479 e. The van der Waals surface area contributed by atoms with Crippen LogP contribution in [-0.2, 0) is 4.79 Å². The van der Waals surface area contributed by atoms with Crippen LogP contribution in [0.1, 0.15) is 23.1 Å². The molecule has 1 unspecified atom stereocenters. The molecule has 0 radical (unpaired) electrons. The molecule has 0 spiro atoms. The van der Waals surface area contributed by atoms with Crippen LogP contribution in [0.15, 0.2) is 34.7 Å². The first-order chi connectivity index (χ1) is 8.97. The van der Waals surface area contributed by atoms with Crippen LogP contribution in [0.25, 0.3) is 0 Å². The zero-order valence-electron chi connectivity index (χ0n) is 10.6. The third kappa shape index (κ3) is 3.09. The molecule has 4 nitrogen and oxygen atoms in total. The monoisotopic (exact) mass is 279 g/mol. The topological polar surface area (TPSA) is 62.5 Å². The standard InChI is InChI=1S/C14H14ClNO3/c1-8-3-5-11(10(15)7-8)16-13(14(17)18)12-6-4-9(2)19-12/h3-7,13,16H,1-2H3,(H,17,18). The lowest BCUT2D eigenvalue weighted by molar-refractivity contribution is -0.138. The smallest absolute Gasteiger partial charge is 0.334 e. The number of hydrogen-bond acceptors (Lipinski definition) is 3. The van der Waals surface area contributed by atoms with Gasteiger partial charge in [-0.25, -0.2) is 4.79 Å². The molecule has 100 valence electrons. The van der Waals surface area contributed by atoms with Crippen LogP contribution in [-0.4, -0.2) is 11.1 Å². The van der Waals surface area contributed by atoms with Crippen molar-refractivity contribution >= 4 is 23.3 Å². The zero-order valence-corrected chi connectivity index (χ0v) is 11.4. The van der Waals surface area contributed by atoms with Gasteiger partial charge in [0, 0.05) is 0 Å². The number of aryl methyl sites for hydroxylation is 2. The molecule has 1 aromatic carbocycles. The first kappa shape index (κ1) is 13.5. The van der Waals surface area contributed by atoms with Crippen molar-refractivity contribution in [2.24, 2.45) is 0 Å². The van der Waals surface area contributed by atoms with Crippen LogP contribution >= 0.6 is 11.6 Å². The number of anilines is 1. The number of hydrogen-bond donors (Lipinski definition) is 2. The molecule has 5 heteroatoms. The number of carbonyl (C=O) groups is 1. The molecule has 2 aromatic rings. The van der Waals surface area contributed by atoms with E-state index in [1.54, 1.807) is 31.2 Å². The van der Waals surface area contributed by atoms with Crippen LogP contribution in [0.3, 0.4) is 0 Å². The van der Waals surface area contributed by atoms with E-state index in [2.05, 4.69) is 5.32 Å². The van der Waals surface area contributed by atoms with Crippen molar-refractivity contribution in [3.8, 4) is 0 Å². The SMILES string of the molecule is Cc1ccc(NC(C(=O)O)c2ccc(C)o2)c(Cl)c1. The molecule has 2 rings (SSSR count). The fraction of sp³-hybridized carbons (Fsp3) is 0.214. The Hall–Kier alpha value is -1.94. The van der Waals surface area contributed by atoms with Crippen molar-refractivity contribution in [3.05, 3.63) is 52.4 Å². The fourth-order valence-corrected chi connectivity index (χ4v) is 2.05. The van der Waals surface area contributed by atoms with Gasteiger partial charge in [0.2, 0.25) is 0 Å². The summed E-state index contributed by atoms with van der Waals surface area (Å²) in [5, 5.41) is 12.6. The Kier molecular flexibility index (Phi) is 3.81. The summed E-state index contributed by atoms with van der Waals surface area (Å²) in [4.78, 5) is 11.3. The second kappa shape index (κ2) is 5.36. The minimum absolute atomic E-state index is 0.349. The van der Waals surface area contributed by atoms with E-state index in [9.17, 15) is 9.90 Å². The summed E-state index contributed by atoms with van der Waals surface area (Å²) < 4.78 is 5.36. The average molecular weight is 280 g/mol. The molecule has 0 saturated heterocycles. The second-order valence-corrected chi connectivity index (χ2v) is 4.75. The molecule has 0 fully saturated rings. The lowest BCUT2D eigenvalue weighted by Crippen LogP contribution is -2.20. The van der Waals surface area contributed by atoms with Crippen LogP contribution in [0.5, 0.6) is 0 Å². The maximum atomic E-state index is 11.3. The maximum Gasteiger partial charge on any atom is 0.334 e. The molecule has 0 aliphatic heterocycles. The number of benzene rings is 1. The van der Waals surface area contributed by atoms with E-state index in [1.807, 2.05) is 13.0 Å². The predicted octanol–water partition coefficient (Wildman–Crippen LogP) is 3.79. The fourth-order valence-electron chi connectivity index (χ4n) is 1.76. The first-order valence-corrected chi connectivity index (χ1v) is 6.17. The van der Waals surface area contributed by atoms with Gasteiger partial charge in [-0.05, 0) is 43.7 Å². The lowest BCUT2D eigenvalue weighted by Gasteiger charge is -2.15. The van der Waals surface area contributed by atoms with Gasteiger partial charge in [-0.1, -0.05) is 17.7 Å². The highest BCUT2D eigenvalue weighted by Gasteiger charge is 2.23. The summed E-state index contributed by atoms with van der Waals surface area (Å²) in [5.41, 5.74) is 1.57. The Morgan fingerprint density at radius 1 is 1.32 bits per heavy atom. The van der Waals surface area contributed by atoms with Crippen molar-refractivity contribution in [1.82, 2.24) is 0 Å². The van der Waals surface area contributed by atoms with Gasteiger partial charge in [0.25, 0.3) is 0 Å². The number of rotatable bonds is 4. The average Bonchev–Trinajstić information content (AvgIpc) is 2.74. The van der Waals surface area contributed by atoms with Gasteiger partial charge >= 0.3 is 5.97 Å². The highest BCUT2D eigenvalue weighted by atomic mass is 35.5. The van der Waals surface area contributed by atoms with E-state index in [0.717, 1.165) is 5.56 Å². The molecule has 0 aliphatic rings. The highest BCUT2D eigenvalue weighted by Crippen LogP contribution is 2.28. The second-order valence-electron chi connectivity index (χ2n) is 4.35. The van der Waals surface area contributed by atoms with Crippen molar-refractivity contribution in [2.45, 2.75) is 19.9 Å². The molecule has 0 amide bonds. The molecule has 1 aromatic heterocycles. The number of furan rings is 1. The normalized spacial score (nSPS) is 12.2. The van der Waals surface area contributed by atoms with Crippen molar-refractivity contribution in [1.29, 1.82) is 0 Å². The van der Waals surface area contributed by atoms with E-state index in [4.69, 9.17) is 16.0 Å². The summed E-state index contributed by atoms with van der Waals surface area (Å²) in [6.07, 6.45) is 0. The van der Waals surface area contributed by atoms with Crippen molar-refractivity contribution < 1.29 is 14.3 Å². The van der Waals surface area contributed by atoms with Crippen LogP contribution < -0.4 is 5.32 Å². The quantitative estimate of drug-likeness (QED) is 0.894. The van der Waals surface area contributed by atoms with E-state index in [0.29, 0.717) is 22.2 Å². The molecule has 0 saturated carbocycles. The van der Waals surface area contributed by atoms with Crippen LogP contribution in [0, 0.1) is 13.8 Å². The lowest BCUT2D eigenvalue weighted by atomic mass is 10.2. The Morgan fingerprint density at radius 3 is 2.58 bits per heavy atom. The van der Waals surface area contributed by atoms with Crippen LogP contribution in [0.2, 0.25) is 5.02 Å².